The highest BCUT2D eigenvalue weighted by Crippen LogP contribution is 2.29. The average Bonchev–Trinajstić information content (AvgIpc) is 2.53. The summed E-state index contributed by atoms with van der Waals surface area (Å²) in [6.45, 7) is 2.43. The fourth-order valence-corrected chi connectivity index (χ4v) is 2.19. The Labute approximate surface area is 130 Å². The Kier molecular flexibility index (Phi) is 5.42. The van der Waals surface area contributed by atoms with Crippen molar-refractivity contribution < 1.29 is 9.47 Å². The molecule has 0 saturated heterocycles. The zero-order valence-electron chi connectivity index (χ0n) is 12.4. The predicted octanol–water partition coefficient (Wildman–Crippen LogP) is 3.60. The molecule has 0 aliphatic rings. The van der Waals surface area contributed by atoms with Gasteiger partial charge in [0.1, 0.15) is 12.4 Å². The summed E-state index contributed by atoms with van der Waals surface area (Å²) in [5.74, 6) is 1.21. The number of halogens is 1. The van der Waals surface area contributed by atoms with Crippen molar-refractivity contribution in [3.05, 3.63) is 52.7 Å². The molecule has 1 atom stereocenters. The Bertz CT molecular complexity index is 605. The largest absolute Gasteiger partial charge is 0.487 e. The van der Waals surface area contributed by atoms with Gasteiger partial charge in [0.15, 0.2) is 0 Å². The topological polar surface area (TPSA) is 43.4 Å². The van der Waals surface area contributed by atoms with Crippen molar-refractivity contribution in [1.29, 1.82) is 0 Å². The molecule has 2 aromatic rings. The molecule has 2 rings (SSSR count). The van der Waals surface area contributed by atoms with Crippen LogP contribution in [0.3, 0.4) is 0 Å². The molecular weight excluding hydrogens is 288 g/mol. The Hall–Kier alpha value is -1.78. The fourth-order valence-electron chi connectivity index (χ4n) is 1.94. The van der Waals surface area contributed by atoms with E-state index in [1.165, 1.54) is 0 Å². The van der Waals surface area contributed by atoms with Crippen LogP contribution in [0.5, 0.6) is 11.6 Å². The van der Waals surface area contributed by atoms with Crippen LogP contribution in [0, 0.1) is 0 Å². The molecule has 1 aromatic carbocycles. The van der Waals surface area contributed by atoms with E-state index in [4.69, 9.17) is 21.1 Å². The number of aromatic nitrogens is 1. The molecule has 0 aliphatic heterocycles. The minimum absolute atomic E-state index is 0.245. The van der Waals surface area contributed by atoms with E-state index in [9.17, 15) is 0 Å². The maximum absolute atomic E-state index is 6.27. The predicted molar refractivity (Wildman–Crippen MR) is 84.0 cm³/mol. The van der Waals surface area contributed by atoms with Crippen molar-refractivity contribution in [3.8, 4) is 11.6 Å². The zero-order chi connectivity index (χ0) is 15.2. The minimum atomic E-state index is 0.245. The smallest absolute Gasteiger partial charge is 0.219 e. The van der Waals surface area contributed by atoms with E-state index in [2.05, 4.69) is 17.2 Å². The number of methoxy groups -OCH3 is 1. The molecule has 0 fully saturated rings. The molecule has 0 aliphatic carbocycles. The number of pyridine rings is 1. The summed E-state index contributed by atoms with van der Waals surface area (Å²) in [5.41, 5.74) is 2.00. The maximum Gasteiger partial charge on any atom is 0.219 e. The molecule has 0 bridgehead atoms. The van der Waals surface area contributed by atoms with Crippen molar-refractivity contribution in [3.63, 3.8) is 0 Å². The van der Waals surface area contributed by atoms with Crippen molar-refractivity contribution in [2.45, 2.75) is 19.6 Å². The van der Waals surface area contributed by atoms with E-state index in [1.54, 1.807) is 13.3 Å². The lowest BCUT2D eigenvalue weighted by Gasteiger charge is -2.14. The zero-order valence-corrected chi connectivity index (χ0v) is 13.1. The van der Waals surface area contributed by atoms with Crippen LogP contribution in [0.25, 0.3) is 0 Å². The van der Waals surface area contributed by atoms with E-state index >= 15 is 0 Å². The summed E-state index contributed by atoms with van der Waals surface area (Å²) < 4.78 is 11.0. The maximum atomic E-state index is 6.27. The van der Waals surface area contributed by atoms with Gasteiger partial charge in [0, 0.05) is 12.2 Å². The van der Waals surface area contributed by atoms with Crippen LogP contribution in [-0.4, -0.2) is 19.1 Å². The number of ether oxygens (including phenoxy) is 2. The quantitative estimate of drug-likeness (QED) is 0.885. The lowest BCUT2D eigenvalue weighted by molar-refractivity contribution is 0.294. The number of nitrogens with zero attached hydrogens (tertiary/aromatic N) is 1. The van der Waals surface area contributed by atoms with Crippen molar-refractivity contribution in [2.75, 3.05) is 14.2 Å². The number of hydrogen-bond acceptors (Lipinski definition) is 4. The Morgan fingerprint density at radius 1 is 1.33 bits per heavy atom. The highest BCUT2D eigenvalue weighted by Gasteiger charge is 2.09. The van der Waals surface area contributed by atoms with Crippen LogP contribution in [0.2, 0.25) is 5.02 Å². The van der Waals surface area contributed by atoms with E-state index in [0.29, 0.717) is 23.3 Å². The number of hydrogen-bond donors (Lipinski definition) is 1. The Morgan fingerprint density at radius 3 is 2.81 bits per heavy atom. The van der Waals surface area contributed by atoms with Crippen LogP contribution in [0.1, 0.15) is 24.1 Å². The summed E-state index contributed by atoms with van der Waals surface area (Å²) in [5, 5.41) is 3.77. The van der Waals surface area contributed by atoms with Gasteiger partial charge in [-0.05, 0) is 43.8 Å². The molecule has 0 saturated carbocycles. The standard InChI is InChI=1S/C16H19ClN2O2/c1-11(18-2)12-6-7-15(14(17)9-12)21-10-13-5-4-8-19-16(13)20-3/h4-9,11,18H,10H2,1-3H3. The van der Waals surface area contributed by atoms with Crippen LogP contribution in [0.4, 0.5) is 0 Å². The van der Waals surface area contributed by atoms with Gasteiger partial charge >= 0.3 is 0 Å². The third kappa shape index (κ3) is 3.86. The second-order valence-corrected chi connectivity index (χ2v) is 5.07. The summed E-state index contributed by atoms with van der Waals surface area (Å²) in [6, 6.07) is 9.81. The summed E-state index contributed by atoms with van der Waals surface area (Å²) in [7, 11) is 3.50. The lowest BCUT2D eigenvalue weighted by Crippen LogP contribution is -2.12. The molecule has 0 radical (unpaired) electrons. The number of benzene rings is 1. The van der Waals surface area contributed by atoms with Crippen molar-refractivity contribution >= 4 is 11.6 Å². The molecule has 0 spiro atoms. The fraction of sp³-hybridized carbons (Fsp3) is 0.312. The first-order valence-corrected chi connectivity index (χ1v) is 7.11. The number of rotatable bonds is 6. The first-order chi connectivity index (χ1) is 10.2. The van der Waals surface area contributed by atoms with E-state index in [-0.39, 0.29) is 6.04 Å². The van der Waals surface area contributed by atoms with E-state index in [1.807, 2.05) is 37.4 Å². The molecule has 1 aromatic heterocycles. The number of nitrogens with one attached hydrogen (secondary N) is 1. The molecule has 21 heavy (non-hydrogen) atoms. The van der Waals surface area contributed by atoms with Gasteiger partial charge in [0.2, 0.25) is 5.88 Å². The normalized spacial score (nSPS) is 12.0. The van der Waals surface area contributed by atoms with Gasteiger partial charge in [0.25, 0.3) is 0 Å². The van der Waals surface area contributed by atoms with Gasteiger partial charge < -0.3 is 14.8 Å². The first-order valence-electron chi connectivity index (χ1n) is 6.73. The highest BCUT2D eigenvalue weighted by atomic mass is 35.5. The van der Waals surface area contributed by atoms with Gasteiger partial charge in [-0.1, -0.05) is 17.7 Å². The van der Waals surface area contributed by atoms with E-state index < -0.39 is 0 Å². The van der Waals surface area contributed by atoms with Gasteiger partial charge in [-0.3, -0.25) is 0 Å². The first kappa shape index (κ1) is 15.6. The third-order valence-electron chi connectivity index (χ3n) is 3.32. The average molecular weight is 307 g/mol. The van der Waals surface area contributed by atoms with Crippen molar-refractivity contribution in [2.24, 2.45) is 0 Å². The van der Waals surface area contributed by atoms with Crippen molar-refractivity contribution in [1.82, 2.24) is 10.3 Å². The molecule has 0 amide bonds. The third-order valence-corrected chi connectivity index (χ3v) is 3.61. The van der Waals surface area contributed by atoms with Gasteiger partial charge in [0.05, 0.1) is 17.7 Å². The Morgan fingerprint density at radius 2 is 2.14 bits per heavy atom. The van der Waals surface area contributed by atoms with Crippen LogP contribution >= 0.6 is 11.6 Å². The van der Waals surface area contributed by atoms with Gasteiger partial charge in [-0.25, -0.2) is 4.98 Å². The van der Waals surface area contributed by atoms with E-state index in [0.717, 1.165) is 11.1 Å². The second-order valence-electron chi connectivity index (χ2n) is 4.66. The van der Waals surface area contributed by atoms with Crippen LogP contribution in [0.15, 0.2) is 36.5 Å². The molecule has 5 heteroatoms. The SMILES string of the molecule is CNC(C)c1ccc(OCc2cccnc2OC)c(Cl)c1. The molecular formula is C16H19ClN2O2. The Balaban J connectivity index is 2.10. The lowest BCUT2D eigenvalue weighted by atomic mass is 10.1. The highest BCUT2D eigenvalue weighted by molar-refractivity contribution is 6.32. The minimum Gasteiger partial charge on any atom is -0.487 e. The molecule has 1 unspecified atom stereocenters. The summed E-state index contributed by atoms with van der Waals surface area (Å²) in [4.78, 5) is 4.14. The summed E-state index contributed by atoms with van der Waals surface area (Å²) >= 11 is 6.27. The van der Waals surface area contributed by atoms with Gasteiger partial charge in [-0.2, -0.15) is 0 Å². The summed E-state index contributed by atoms with van der Waals surface area (Å²) in [6.07, 6.45) is 1.68. The molecule has 1 N–H and O–H groups in total. The molecule has 1 heterocycles. The van der Waals surface area contributed by atoms with Crippen LogP contribution in [-0.2, 0) is 6.61 Å². The second kappa shape index (κ2) is 7.29. The molecule has 4 nitrogen and oxygen atoms in total. The monoisotopic (exact) mass is 306 g/mol. The van der Waals surface area contributed by atoms with Gasteiger partial charge in [-0.15, -0.1) is 0 Å². The van der Waals surface area contributed by atoms with Crippen LogP contribution < -0.4 is 14.8 Å². The molecule has 112 valence electrons.